The maximum absolute atomic E-state index is 13.9. The molecule has 4 nitrogen and oxygen atoms in total. The van der Waals surface area contributed by atoms with Gasteiger partial charge in [-0.25, -0.2) is 9.18 Å². The standard InChI is InChI=1S/C13H18FNO3/c1-3-11(16)13(4-2,15-12(17)18)9-7-5-6-8-10(9)14/h5-8,11,15-16H,3-4H2,1-2H3,(H,17,18). The van der Waals surface area contributed by atoms with E-state index in [2.05, 4.69) is 5.32 Å². The Balaban J connectivity index is 3.34. The van der Waals surface area contributed by atoms with E-state index in [1.54, 1.807) is 19.9 Å². The van der Waals surface area contributed by atoms with Gasteiger partial charge in [-0.2, -0.15) is 0 Å². The van der Waals surface area contributed by atoms with Crippen LogP contribution < -0.4 is 5.32 Å². The zero-order valence-corrected chi connectivity index (χ0v) is 10.5. The van der Waals surface area contributed by atoms with E-state index in [0.29, 0.717) is 6.42 Å². The van der Waals surface area contributed by atoms with Crippen LogP contribution in [0.1, 0.15) is 32.3 Å². The van der Waals surface area contributed by atoms with Crippen molar-refractivity contribution in [1.29, 1.82) is 0 Å². The Kier molecular flexibility index (Phi) is 4.67. The lowest BCUT2D eigenvalue weighted by Gasteiger charge is -2.37. The van der Waals surface area contributed by atoms with Gasteiger partial charge in [0.2, 0.25) is 0 Å². The molecule has 2 atom stereocenters. The molecule has 0 spiro atoms. The molecule has 3 N–H and O–H groups in total. The van der Waals surface area contributed by atoms with E-state index in [-0.39, 0.29) is 12.0 Å². The Bertz CT molecular complexity index is 424. The summed E-state index contributed by atoms with van der Waals surface area (Å²) in [5.41, 5.74) is -1.14. The van der Waals surface area contributed by atoms with E-state index < -0.39 is 23.6 Å². The van der Waals surface area contributed by atoms with Crippen molar-refractivity contribution >= 4 is 6.09 Å². The van der Waals surface area contributed by atoms with Crippen LogP contribution >= 0.6 is 0 Å². The summed E-state index contributed by atoms with van der Waals surface area (Å²) in [5.74, 6) is -0.527. The molecule has 0 heterocycles. The van der Waals surface area contributed by atoms with Gasteiger partial charge < -0.3 is 15.5 Å². The summed E-state index contributed by atoms with van der Waals surface area (Å²) in [5, 5.41) is 21.3. The minimum absolute atomic E-state index is 0.171. The average molecular weight is 255 g/mol. The second kappa shape index (κ2) is 5.82. The summed E-state index contributed by atoms with van der Waals surface area (Å²) < 4.78 is 13.9. The smallest absolute Gasteiger partial charge is 0.405 e. The molecule has 5 heteroatoms. The third-order valence-corrected chi connectivity index (χ3v) is 3.20. The van der Waals surface area contributed by atoms with Gasteiger partial charge in [-0.15, -0.1) is 0 Å². The molecule has 0 aliphatic heterocycles. The van der Waals surface area contributed by atoms with Gasteiger partial charge in [0.25, 0.3) is 0 Å². The minimum Gasteiger partial charge on any atom is -0.465 e. The predicted octanol–water partition coefficient (Wildman–Crippen LogP) is 2.47. The summed E-state index contributed by atoms with van der Waals surface area (Å²) in [6.45, 7) is 3.43. The van der Waals surface area contributed by atoms with Crippen molar-refractivity contribution in [2.45, 2.75) is 38.3 Å². The van der Waals surface area contributed by atoms with E-state index in [1.807, 2.05) is 0 Å². The molecule has 100 valence electrons. The van der Waals surface area contributed by atoms with E-state index in [1.165, 1.54) is 18.2 Å². The van der Waals surface area contributed by atoms with Gasteiger partial charge in [0.1, 0.15) is 5.82 Å². The zero-order valence-electron chi connectivity index (χ0n) is 10.5. The Morgan fingerprint density at radius 2 is 2.06 bits per heavy atom. The van der Waals surface area contributed by atoms with Gasteiger partial charge in [0.05, 0.1) is 11.6 Å². The third-order valence-electron chi connectivity index (χ3n) is 3.20. The van der Waals surface area contributed by atoms with Crippen LogP contribution in [0, 0.1) is 5.82 Å². The number of hydrogen-bond acceptors (Lipinski definition) is 2. The second-order valence-corrected chi connectivity index (χ2v) is 4.16. The van der Waals surface area contributed by atoms with Gasteiger partial charge in [-0.05, 0) is 18.9 Å². The van der Waals surface area contributed by atoms with Crippen molar-refractivity contribution in [3.05, 3.63) is 35.6 Å². The number of carboxylic acid groups (broad SMARTS) is 1. The fourth-order valence-electron chi connectivity index (χ4n) is 2.21. The SMILES string of the molecule is CCC(O)C(CC)(NC(=O)O)c1ccccc1F. The average Bonchev–Trinajstić information content (AvgIpc) is 2.35. The molecule has 0 aliphatic carbocycles. The molecule has 0 aliphatic rings. The first kappa shape index (κ1) is 14.4. The Hall–Kier alpha value is -1.62. The van der Waals surface area contributed by atoms with Gasteiger partial charge in [0.15, 0.2) is 0 Å². The van der Waals surface area contributed by atoms with Crippen molar-refractivity contribution < 1.29 is 19.4 Å². The Labute approximate surface area is 105 Å². The summed E-state index contributed by atoms with van der Waals surface area (Å²) in [7, 11) is 0. The highest BCUT2D eigenvalue weighted by Gasteiger charge is 2.40. The number of hydrogen-bond donors (Lipinski definition) is 3. The third kappa shape index (κ3) is 2.61. The van der Waals surface area contributed by atoms with Crippen molar-refractivity contribution in [2.24, 2.45) is 0 Å². The predicted molar refractivity (Wildman–Crippen MR) is 65.8 cm³/mol. The molecule has 0 aromatic heterocycles. The highest BCUT2D eigenvalue weighted by molar-refractivity contribution is 5.66. The summed E-state index contributed by atoms with van der Waals surface area (Å²) in [4.78, 5) is 10.9. The lowest BCUT2D eigenvalue weighted by atomic mass is 9.80. The number of amides is 1. The van der Waals surface area contributed by atoms with Crippen molar-refractivity contribution in [3.8, 4) is 0 Å². The van der Waals surface area contributed by atoms with E-state index in [0.717, 1.165) is 0 Å². The first-order chi connectivity index (χ1) is 8.47. The maximum Gasteiger partial charge on any atom is 0.405 e. The van der Waals surface area contributed by atoms with Crippen LogP contribution in [0.25, 0.3) is 0 Å². The zero-order chi connectivity index (χ0) is 13.8. The Morgan fingerprint density at radius 3 is 2.50 bits per heavy atom. The number of rotatable bonds is 5. The first-order valence-corrected chi connectivity index (χ1v) is 5.92. The van der Waals surface area contributed by atoms with E-state index in [9.17, 15) is 14.3 Å². The molecule has 0 saturated carbocycles. The van der Waals surface area contributed by atoms with Crippen molar-refractivity contribution in [2.75, 3.05) is 0 Å². The quantitative estimate of drug-likeness (QED) is 0.757. The molecule has 1 rings (SSSR count). The van der Waals surface area contributed by atoms with Gasteiger partial charge in [0, 0.05) is 5.56 Å². The highest BCUT2D eigenvalue weighted by Crippen LogP contribution is 2.32. The van der Waals surface area contributed by atoms with Gasteiger partial charge in [-0.3, -0.25) is 0 Å². The van der Waals surface area contributed by atoms with E-state index in [4.69, 9.17) is 5.11 Å². The van der Waals surface area contributed by atoms with Crippen LogP contribution in [0.4, 0.5) is 9.18 Å². The molecular weight excluding hydrogens is 237 g/mol. The van der Waals surface area contributed by atoms with Crippen LogP contribution in [0.3, 0.4) is 0 Å². The molecule has 0 bridgehead atoms. The van der Waals surface area contributed by atoms with Crippen LogP contribution in [-0.4, -0.2) is 22.4 Å². The summed E-state index contributed by atoms with van der Waals surface area (Å²) in [6, 6.07) is 5.90. The van der Waals surface area contributed by atoms with Crippen molar-refractivity contribution in [1.82, 2.24) is 5.32 Å². The molecule has 0 fully saturated rings. The van der Waals surface area contributed by atoms with Crippen molar-refractivity contribution in [3.63, 3.8) is 0 Å². The number of carbonyl (C=O) groups is 1. The maximum atomic E-state index is 13.9. The fraction of sp³-hybridized carbons (Fsp3) is 0.462. The largest absolute Gasteiger partial charge is 0.465 e. The normalized spacial score (nSPS) is 15.8. The second-order valence-electron chi connectivity index (χ2n) is 4.16. The Morgan fingerprint density at radius 1 is 1.44 bits per heavy atom. The molecular formula is C13H18FNO3. The molecule has 1 amide bonds. The van der Waals surface area contributed by atoms with E-state index >= 15 is 0 Å². The fourth-order valence-corrected chi connectivity index (χ4v) is 2.21. The monoisotopic (exact) mass is 255 g/mol. The first-order valence-electron chi connectivity index (χ1n) is 5.92. The van der Waals surface area contributed by atoms with Crippen LogP contribution in [0.15, 0.2) is 24.3 Å². The van der Waals surface area contributed by atoms with Crippen LogP contribution in [-0.2, 0) is 5.54 Å². The lowest BCUT2D eigenvalue weighted by Crippen LogP contribution is -2.53. The lowest BCUT2D eigenvalue weighted by molar-refractivity contribution is 0.0479. The summed E-state index contributed by atoms with van der Waals surface area (Å²) in [6.07, 6.45) is -1.69. The summed E-state index contributed by atoms with van der Waals surface area (Å²) >= 11 is 0. The molecule has 18 heavy (non-hydrogen) atoms. The molecule has 0 saturated heterocycles. The number of halogens is 1. The van der Waals surface area contributed by atoms with Crippen LogP contribution in [0.5, 0.6) is 0 Å². The molecule has 1 aromatic rings. The number of aliphatic hydroxyl groups is 1. The van der Waals surface area contributed by atoms with Gasteiger partial charge >= 0.3 is 6.09 Å². The van der Waals surface area contributed by atoms with Crippen LogP contribution in [0.2, 0.25) is 0 Å². The number of nitrogens with one attached hydrogen (secondary N) is 1. The van der Waals surface area contributed by atoms with Gasteiger partial charge in [-0.1, -0.05) is 32.0 Å². The topological polar surface area (TPSA) is 69.6 Å². The molecule has 0 radical (unpaired) electrons. The number of benzene rings is 1. The molecule has 2 unspecified atom stereocenters. The highest BCUT2D eigenvalue weighted by atomic mass is 19.1. The minimum atomic E-state index is -1.31. The molecule has 1 aromatic carbocycles. The number of aliphatic hydroxyl groups excluding tert-OH is 1.